The molecule has 3 aliphatic rings. The average Bonchev–Trinajstić information content (AvgIpc) is 3.46. The maximum absolute atomic E-state index is 13.0. The lowest BCUT2D eigenvalue weighted by Crippen LogP contribution is -2.35. The number of hydrogen-bond donors (Lipinski definition) is 1. The van der Waals surface area contributed by atoms with Gasteiger partial charge in [-0.3, -0.25) is 10.2 Å². The SMILES string of the molecule is N=C1/C(=C\c2cn(Cc3ccccc3Cl)c3ccccc23)C(=O)N=C2SC(C3CCCCC3)=NN12. The van der Waals surface area contributed by atoms with E-state index in [1.807, 2.05) is 48.7 Å². The summed E-state index contributed by atoms with van der Waals surface area (Å²) in [5.41, 5.74) is 3.17. The quantitative estimate of drug-likeness (QED) is 0.412. The summed E-state index contributed by atoms with van der Waals surface area (Å²) in [6.45, 7) is 0.606. The van der Waals surface area contributed by atoms with Crippen LogP contribution in [0.5, 0.6) is 0 Å². The molecule has 0 saturated heterocycles. The van der Waals surface area contributed by atoms with Gasteiger partial charge in [-0.1, -0.05) is 67.3 Å². The third-order valence-electron chi connectivity index (χ3n) is 6.84. The molecule has 1 aromatic heterocycles. The van der Waals surface area contributed by atoms with Crippen LogP contribution in [0.2, 0.25) is 5.02 Å². The van der Waals surface area contributed by atoms with Gasteiger partial charge in [-0.2, -0.15) is 15.1 Å². The molecule has 3 aromatic rings. The van der Waals surface area contributed by atoms with Crippen molar-refractivity contribution in [1.82, 2.24) is 9.58 Å². The van der Waals surface area contributed by atoms with Gasteiger partial charge in [0.15, 0.2) is 5.84 Å². The number of fused-ring (bicyclic) bond motifs is 2. The first-order valence-electron chi connectivity index (χ1n) is 11.9. The van der Waals surface area contributed by atoms with Crippen molar-refractivity contribution < 1.29 is 4.79 Å². The lowest BCUT2D eigenvalue weighted by molar-refractivity contribution is -0.114. The van der Waals surface area contributed by atoms with Crippen molar-refractivity contribution in [2.45, 2.75) is 38.6 Å². The third-order valence-corrected chi connectivity index (χ3v) is 8.28. The van der Waals surface area contributed by atoms with Crippen molar-refractivity contribution in [3.05, 3.63) is 76.5 Å². The number of benzene rings is 2. The van der Waals surface area contributed by atoms with Crippen LogP contribution in [0.4, 0.5) is 0 Å². The molecule has 2 aliphatic heterocycles. The molecule has 0 radical (unpaired) electrons. The number of aliphatic imine (C=N–C) groups is 1. The molecule has 1 N–H and O–H groups in total. The van der Waals surface area contributed by atoms with Gasteiger partial charge in [0.2, 0.25) is 5.17 Å². The van der Waals surface area contributed by atoms with Gasteiger partial charge in [-0.05, 0) is 48.4 Å². The maximum Gasteiger partial charge on any atom is 0.283 e. The Kier molecular flexibility index (Phi) is 5.82. The molecule has 1 aliphatic carbocycles. The van der Waals surface area contributed by atoms with Crippen LogP contribution in [0.25, 0.3) is 17.0 Å². The van der Waals surface area contributed by atoms with Gasteiger partial charge in [-0.15, -0.1) is 0 Å². The molecule has 176 valence electrons. The molecular formula is C27H24ClN5OS. The molecule has 6 rings (SSSR count). The standard InChI is InChI=1S/C27H24ClN5OS/c28-22-12-6-4-10-18(22)15-32-16-19(20-11-5-7-13-23(20)32)14-21-24(29)33-27(30-25(21)34)35-26(31-33)17-8-2-1-3-9-17/h4-7,10-14,16-17,29H,1-3,8-9,15H2/b21-14+,29-24?. The fraction of sp³-hybridized carbons (Fsp3) is 0.259. The molecule has 6 nitrogen and oxygen atoms in total. The summed E-state index contributed by atoms with van der Waals surface area (Å²) < 4.78 is 2.12. The van der Waals surface area contributed by atoms with Gasteiger partial charge in [-0.25, -0.2) is 0 Å². The Labute approximate surface area is 212 Å². The first-order chi connectivity index (χ1) is 17.1. The molecule has 35 heavy (non-hydrogen) atoms. The Morgan fingerprint density at radius 2 is 1.86 bits per heavy atom. The highest BCUT2D eigenvalue weighted by Gasteiger charge is 2.38. The first kappa shape index (κ1) is 22.3. The Bertz CT molecular complexity index is 1450. The Morgan fingerprint density at radius 1 is 1.09 bits per heavy atom. The molecule has 0 unspecified atom stereocenters. The van der Waals surface area contributed by atoms with E-state index in [-0.39, 0.29) is 11.4 Å². The zero-order valence-corrected chi connectivity index (χ0v) is 20.6. The number of hydrogen-bond acceptors (Lipinski definition) is 4. The van der Waals surface area contributed by atoms with Crippen molar-refractivity contribution in [1.29, 1.82) is 5.41 Å². The molecule has 2 aromatic carbocycles. The van der Waals surface area contributed by atoms with Crippen LogP contribution in [-0.4, -0.2) is 31.5 Å². The maximum atomic E-state index is 13.0. The number of carbonyl (C=O) groups excluding carboxylic acids is 1. The number of rotatable bonds is 4. The van der Waals surface area contributed by atoms with Crippen molar-refractivity contribution >= 4 is 62.3 Å². The Hall–Kier alpha value is -3.16. The summed E-state index contributed by atoms with van der Waals surface area (Å²) >= 11 is 7.86. The van der Waals surface area contributed by atoms with E-state index in [4.69, 9.17) is 22.1 Å². The summed E-state index contributed by atoms with van der Waals surface area (Å²) in [5.74, 6) is 0.0955. The van der Waals surface area contributed by atoms with E-state index in [9.17, 15) is 4.79 Å². The summed E-state index contributed by atoms with van der Waals surface area (Å²) in [7, 11) is 0. The number of thioether (sulfide) groups is 1. The number of amides is 1. The first-order valence-corrected chi connectivity index (χ1v) is 13.1. The Morgan fingerprint density at radius 3 is 2.69 bits per heavy atom. The van der Waals surface area contributed by atoms with Crippen LogP contribution in [0.3, 0.4) is 0 Å². The summed E-state index contributed by atoms with van der Waals surface area (Å²) in [4.78, 5) is 17.3. The number of amidine groups is 2. The molecule has 0 atom stereocenters. The summed E-state index contributed by atoms with van der Waals surface area (Å²) in [6, 6.07) is 15.9. The highest BCUT2D eigenvalue weighted by atomic mass is 35.5. The van der Waals surface area contributed by atoms with Gasteiger partial charge in [0.05, 0.1) is 5.57 Å². The zero-order chi connectivity index (χ0) is 23.9. The van der Waals surface area contributed by atoms with Crippen molar-refractivity contribution in [3.8, 4) is 0 Å². The highest BCUT2D eigenvalue weighted by Crippen LogP contribution is 2.36. The fourth-order valence-corrected chi connectivity index (χ4v) is 6.26. The largest absolute Gasteiger partial charge is 0.342 e. The molecule has 0 bridgehead atoms. The number of nitrogens with zero attached hydrogens (tertiary/aromatic N) is 4. The van der Waals surface area contributed by atoms with Gasteiger partial charge in [0.25, 0.3) is 5.91 Å². The topological polar surface area (TPSA) is 73.8 Å². The predicted octanol–water partition coefficient (Wildman–Crippen LogP) is 6.54. The summed E-state index contributed by atoms with van der Waals surface area (Å²) in [6.07, 6.45) is 9.69. The van der Waals surface area contributed by atoms with E-state index in [0.29, 0.717) is 17.6 Å². The molecule has 1 fully saturated rings. The minimum atomic E-state index is -0.392. The smallest absolute Gasteiger partial charge is 0.283 e. The highest BCUT2D eigenvalue weighted by molar-refractivity contribution is 8.27. The lowest BCUT2D eigenvalue weighted by atomic mass is 9.90. The van der Waals surface area contributed by atoms with Crippen LogP contribution in [0, 0.1) is 11.3 Å². The number of carbonyl (C=O) groups is 1. The van der Waals surface area contributed by atoms with Crippen molar-refractivity contribution in [3.63, 3.8) is 0 Å². The second-order valence-electron chi connectivity index (χ2n) is 9.11. The van der Waals surface area contributed by atoms with Crippen LogP contribution in [0.15, 0.2) is 70.4 Å². The number of aromatic nitrogens is 1. The van der Waals surface area contributed by atoms with Crippen molar-refractivity contribution in [2.75, 3.05) is 0 Å². The second-order valence-corrected chi connectivity index (χ2v) is 10.5. The predicted molar refractivity (Wildman–Crippen MR) is 144 cm³/mol. The second kappa shape index (κ2) is 9.13. The number of nitrogens with one attached hydrogen (secondary N) is 1. The average molecular weight is 502 g/mol. The normalized spacial score (nSPS) is 19.9. The number of hydrazone groups is 1. The van der Waals surface area contributed by atoms with Crippen LogP contribution in [0.1, 0.15) is 43.2 Å². The van der Waals surface area contributed by atoms with Crippen LogP contribution in [-0.2, 0) is 11.3 Å². The van der Waals surface area contributed by atoms with Crippen molar-refractivity contribution in [2.24, 2.45) is 16.0 Å². The minimum absolute atomic E-state index is 0.0845. The third kappa shape index (κ3) is 4.13. The van der Waals surface area contributed by atoms with E-state index in [1.165, 1.54) is 36.0 Å². The van der Waals surface area contributed by atoms with E-state index in [2.05, 4.69) is 15.6 Å². The number of halogens is 1. The lowest BCUT2D eigenvalue weighted by Gasteiger charge is -2.20. The van der Waals surface area contributed by atoms with E-state index < -0.39 is 5.91 Å². The van der Waals surface area contributed by atoms with Crippen LogP contribution < -0.4 is 0 Å². The molecule has 1 amide bonds. The van der Waals surface area contributed by atoms with Gasteiger partial charge >= 0.3 is 0 Å². The fourth-order valence-electron chi connectivity index (χ4n) is 5.01. The minimum Gasteiger partial charge on any atom is -0.342 e. The Balaban J connectivity index is 1.35. The van der Waals surface area contributed by atoms with Crippen LogP contribution >= 0.6 is 23.4 Å². The molecule has 8 heteroatoms. The molecular weight excluding hydrogens is 478 g/mol. The zero-order valence-electron chi connectivity index (χ0n) is 19.1. The number of para-hydroxylation sites is 1. The molecule has 0 spiro atoms. The summed E-state index contributed by atoms with van der Waals surface area (Å²) in [5, 5.41) is 18.2. The van der Waals surface area contributed by atoms with Gasteiger partial charge in [0.1, 0.15) is 5.04 Å². The van der Waals surface area contributed by atoms with Gasteiger partial charge < -0.3 is 4.57 Å². The molecule has 3 heterocycles. The molecule has 1 saturated carbocycles. The van der Waals surface area contributed by atoms with Gasteiger partial charge in [0, 0.05) is 40.1 Å². The van der Waals surface area contributed by atoms with E-state index in [1.54, 1.807) is 6.08 Å². The van der Waals surface area contributed by atoms with E-state index >= 15 is 0 Å². The monoisotopic (exact) mass is 501 g/mol. The van der Waals surface area contributed by atoms with E-state index in [0.717, 1.165) is 44.9 Å².